The predicted molar refractivity (Wildman–Crippen MR) is 47.8 cm³/mol. The van der Waals surface area contributed by atoms with E-state index >= 15 is 0 Å². The highest BCUT2D eigenvalue weighted by atomic mass is 16.5. The number of nitrogens with one attached hydrogen (secondary N) is 2. The van der Waals surface area contributed by atoms with Crippen LogP contribution >= 0.6 is 0 Å². The maximum atomic E-state index is 11.4. The minimum Gasteiger partial charge on any atom is -0.351 e. The number of hydrogen-bond acceptors (Lipinski definition) is 4. The molecule has 0 bridgehead atoms. The number of hydrogen-bond donors (Lipinski definition) is 2. The lowest BCUT2D eigenvalue weighted by Crippen LogP contribution is -2.11. The molecule has 0 aliphatic carbocycles. The normalized spacial score (nSPS) is 10.1. The van der Waals surface area contributed by atoms with E-state index in [1.165, 1.54) is 12.3 Å². The summed E-state index contributed by atoms with van der Waals surface area (Å²) in [5.74, 6) is 0.253. The Balaban J connectivity index is 2.09. The van der Waals surface area contributed by atoms with Crippen molar-refractivity contribution >= 4 is 11.7 Å². The smallest absolute Gasteiger partial charge is 0.295 e. The number of nitrogens with zero attached hydrogens (tertiary/aromatic N) is 2. The van der Waals surface area contributed by atoms with Crippen LogP contribution in [0, 0.1) is 6.92 Å². The molecule has 2 aromatic rings. The summed E-state index contributed by atoms with van der Waals surface area (Å²) in [5.41, 5.74) is 0.873. The fourth-order valence-electron chi connectivity index (χ4n) is 0.993. The van der Waals surface area contributed by atoms with Crippen molar-refractivity contribution in [1.29, 1.82) is 0 Å². The third-order valence-electron chi connectivity index (χ3n) is 1.61. The van der Waals surface area contributed by atoms with Crippen LogP contribution in [0.2, 0.25) is 0 Å². The molecule has 0 radical (unpaired) electrons. The molecule has 0 aliphatic rings. The SMILES string of the molecule is Cc1cc(NC(=O)c2ccno2)n[nH]1. The van der Waals surface area contributed by atoms with E-state index in [9.17, 15) is 4.79 Å². The van der Waals surface area contributed by atoms with Crippen molar-refractivity contribution in [3.63, 3.8) is 0 Å². The second kappa shape index (κ2) is 3.33. The van der Waals surface area contributed by atoms with Crippen molar-refractivity contribution in [1.82, 2.24) is 15.4 Å². The number of H-pyrrole nitrogens is 1. The number of aryl methyl sites for hydroxylation is 1. The summed E-state index contributed by atoms with van der Waals surface area (Å²) in [6.45, 7) is 1.84. The Hall–Kier alpha value is -2.11. The molecule has 0 atom stereocenters. The van der Waals surface area contributed by atoms with Crippen LogP contribution in [0.5, 0.6) is 0 Å². The van der Waals surface area contributed by atoms with E-state index in [1.54, 1.807) is 6.07 Å². The number of carbonyl (C=O) groups is 1. The molecule has 2 heterocycles. The standard InChI is InChI=1S/C8H8N4O2/c1-5-4-7(12-11-5)10-8(13)6-2-3-9-14-6/h2-4H,1H3,(H2,10,11,12,13). The van der Waals surface area contributed by atoms with Gasteiger partial charge in [-0.1, -0.05) is 5.16 Å². The van der Waals surface area contributed by atoms with Gasteiger partial charge in [-0.15, -0.1) is 0 Å². The molecular weight excluding hydrogens is 184 g/mol. The third kappa shape index (κ3) is 1.63. The average molecular weight is 192 g/mol. The molecule has 2 aromatic heterocycles. The summed E-state index contributed by atoms with van der Waals surface area (Å²) in [6, 6.07) is 3.20. The molecular formula is C8H8N4O2. The molecule has 6 heteroatoms. The largest absolute Gasteiger partial charge is 0.351 e. The summed E-state index contributed by atoms with van der Waals surface area (Å²) >= 11 is 0. The number of rotatable bonds is 2. The van der Waals surface area contributed by atoms with Gasteiger partial charge in [0.25, 0.3) is 5.91 Å². The maximum absolute atomic E-state index is 11.4. The zero-order valence-electron chi connectivity index (χ0n) is 7.44. The molecule has 0 fully saturated rings. The molecule has 0 spiro atoms. The summed E-state index contributed by atoms with van der Waals surface area (Å²) in [5, 5.41) is 12.5. The molecule has 0 aromatic carbocycles. The van der Waals surface area contributed by atoms with Gasteiger partial charge in [0, 0.05) is 17.8 Å². The monoisotopic (exact) mass is 192 g/mol. The highest BCUT2D eigenvalue weighted by molar-refractivity contribution is 6.01. The van der Waals surface area contributed by atoms with E-state index in [1.807, 2.05) is 6.92 Å². The van der Waals surface area contributed by atoms with Crippen molar-refractivity contribution < 1.29 is 9.32 Å². The minimum atomic E-state index is -0.367. The van der Waals surface area contributed by atoms with Crippen molar-refractivity contribution in [2.24, 2.45) is 0 Å². The summed E-state index contributed by atoms with van der Waals surface area (Å²) in [6.07, 6.45) is 1.41. The van der Waals surface area contributed by atoms with Crippen molar-refractivity contribution in [2.75, 3.05) is 5.32 Å². The first kappa shape index (κ1) is 8.49. The molecule has 6 nitrogen and oxygen atoms in total. The lowest BCUT2D eigenvalue weighted by molar-refractivity contribution is 0.0987. The van der Waals surface area contributed by atoms with Gasteiger partial charge in [-0.3, -0.25) is 9.89 Å². The van der Waals surface area contributed by atoms with E-state index in [-0.39, 0.29) is 11.7 Å². The molecule has 2 N–H and O–H groups in total. The van der Waals surface area contributed by atoms with E-state index in [0.717, 1.165) is 5.69 Å². The van der Waals surface area contributed by atoms with Gasteiger partial charge < -0.3 is 9.84 Å². The van der Waals surface area contributed by atoms with Gasteiger partial charge in [-0.05, 0) is 6.92 Å². The maximum Gasteiger partial charge on any atom is 0.295 e. The fraction of sp³-hybridized carbons (Fsp3) is 0.125. The average Bonchev–Trinajstić information content (AvgIpc) is 2.75. The van der Waals surface area contributed by atoms with E-state index < -0.39 is 0 Å². The second-order valence-corrected chi connectivity index (χ2v) is 2.77. The van der Waals surface area contributed by atoms with Gasteiger partial charge in [0.15, 0.2) is 5.82 Å². The third-order valence-corrected chi connectivity index (χ3v) is 1.61. The first-order valence-corrected chi connectivity index (χ1v) is 4.00. The van der Waals surface area contributed by atoms with Crippen LogP contribution in [0.25, 0.3) is 0 Å². The minimum absolute atomic E-state index is 0.158. The van der Waals surface area contributed by atoms with Crippen molar-refractivity contribution in [2.45, 2.75) is 6.92 Å². The zero-order valence-corrected chi connectivity index (χ0v) is 7.44. The van der Waals surface area contributed by atoms with Crippen LogP contribution in [0.1, 0.15) is 16.2 Å². The van der Waals surface area contributed by atoms with Gasteiger partial charge in [0.2, 0.25) is 5.76 Å². The molecule has 0 aliphatic heterocycles. The number of amides is 1. The van der Waals surface area contributed by atoms with Crippen LogP contribution in [0.4, 0.5) is 5.82 Å². The summed E-state index contributed by atoms with van der Waals surface area (Å²) in [7, 11) is 0. The Morgan fingerprint density at radius 2 is 2.50 bits per heavy atom. The topological polar surface area (TPSA) is 83.8 Å². The molecule has 0 unspecified atom stereocenters. The Morgan fingerprint density at radius 1 is 1.64 bits per heavy atom. The van der Waals surface area contributed by atoms with Crippen LogP contribution in [0.3, 0.4) is 0 Å². The highest BCUT2D eigenvalue weighted by Gasteiger charge is 2.10. The number of carbonyl (C=O) groups excluding carboxylic acids is 1. The first-order chi connectivity index (χ1) is 6.75. The van der Waals surface area contributed by atoms with E-state index in [4.69, 9.17) is 0 Å². The van der Waals surface area contributed by atoms with Crippen molar-refractivity contribution in [3.05, 3.63) is 29.8 Å². The van der Waals surface area contributed by atoms with Crippen LogP contribution in [-0.4, -0.2) is 21.3 Å². The van der Waals surface area contributed by atoms with E-state index in [2.05, 4.69) is 25.2 Å². The van der Waals surface area contributed by atoms with Gasteiger partial charge in [-0.25, -0.2) is 0 Å². The van der Waals surface area contributed by atoms with Gasteiger partial charge in [0.1, 0.15) is 0 Å². The van der Waals surface area contributed by atoms with Crippen molar-refractivity contribution in [3.8, 4) is 0 Å². The van der Waals surface area contributed by atoms with Crippen LogP contribution in [-0.2, 0) is 0 Å². The molecule has 72 valence electrons. The summed E-state index contributed by atoms with van der Waals surface area (Å²) in [4.78, 5) is 11.4. The molecule has 14 heavy (non-hydrogen) atoms. The quantitative estimate of drug-likeness (QED) is 0.742. The Morgan fingerprint density at radius 3 is 3.07 bits per heavy atom. The molecule has 0 saturated heterocycles. The van der Waals surface area contributed by atoms with Gasteiger partial charge in [-0.2, -0.15) is 5.10 Å². The second-order valence-electron chi connectivity index (χ2n) is 2.77. The molecule has 1 amide bonds. The lowest BCUT2D eigenvalue weighted by Gasteiger charge is -1.95. The first-order valence-electron chi connectivity index (χ1n) is 4.00. The summed E-state index contributed by atoms with van der Waals surface area (Å²) < 4.78 is 4.67. The Bertz CT molecular complexity index is 432. The zero-order chi connectivity index (χ0) is 9.97. The lowest BCUT2D eigenvalue weighted by atomic mass is 10.4. The predicted octanol–water partition coefficient (Wildman–Crippen LogP) is 0.958. The molecule has 0 saturated carbocycles. The highest BCUT2D eigenvalue weighted by Crippen LogP contribution is 2.06. The number of aromatic nitrogens is 3. The fourth-order valence-corrected chi connectivity index (χ4v) is 0.993. The van der Waals surface area contributed by atoms with E-state index in [0.29, 0.717) is 5.82 Å². The van der Waals surface area contributed by atoms with Gasteiger partial charge >= 0.3 is 0 Å². The Kier molecular flexibility index (Phi) is 2.02. The molecule has 2 rings (SSSR count). The number of anilines is 1. The van der Waals surface area contributed by atoms with Crippen LogP contribution in [0.15, 0.2) is 22.9 Å². The van der Waals surface area contributed by atoms with Gasteiger partial charge in [0.05, 0.1) is 6.20 Å². The van der Waals surface area contributed by atoms with Crippen LogP contribution < -0.4 is 5.32 Å². The Labute approximate surface area is 79.3 Å². The number of aromatic amines is 1.